The van der Waals surface area contributed by atoms with Gasteiger partial charge >= 0.3 is 0 Å². The summed E-state index contributed by atoms with van der Waals surface area (Å²) in [6.45, 7) is 10.0. The zero-order chi connectivity index (χ0) is 11.8. The fourth-order valence-corrected chi connectivity index (χ4v) is 2.41. The highest BCUT2D eigenvalue weighted by molar-refractivity contribution is 4.96. The van der Waals surface area contributed by atoms with Crippen molar-refractivity contribution in [3.8, 4) is 11.8 Å². The first-order valence-electron chi connectivity index (χ1n) is 6.65. The van der Waals surface area contributed by atoms with Gasteiger partial charge in [0.15, 0.2) is 0 Å². The van der Waals surface area contributed by atoms with E-state index in [1.54, 1.807) is 0 Å². The number of nitrogens with one attached hydrogen (secondary N) is 1. The van der Waals surface area contributed by atoms with Crippen molar-refractivity contribution in [2.75, 3.05) is 19.6 Å². The first-order valence-corrected chi connectivity index (χ1v) is 6.65. The lowest BCUT2D eigenvalue weighted by atomic mass is 9.98. The van der Waals surface area contributed by atoms with Gasteiger partial charge < -0.3 is 5.32 Å². The van der Waals surface area contributed by atoms with Gasteiger partial charge in [-0.15, -0.1) is 11.8 Å². The molecule has 1 fully saturated rings. The van der Waals surface area contributed by atoms with Gasteiger partial charge in [0, 0.05) is 25.0 Å². The van der Waals surface area contributed by atoms with Gasteiger partial charge in [-0.2, -0.15) is 0 Å². The van der Waals surface area contributed by atoms with E-state index < -0.39 is 0 Å². The second kappa shape index (κ2) is 7.70. The maximum Gasteiger partial charge on any atom is 0.0217 e. The van der Waals surface area contributed by atoms with Crippen LogP contribution in [0.4, 0.5) is 0 Å². The Morgan fingerprint density at radius 3 is 2.88 bits per heavy atom. The van der Waals surface area contributed by atoms with Crippen molar-refractivity contribution >= 4 is 0 Å². The Morgan fingerprint density at radius 2 is 2.25 bits per heavy atom. The summed E-state index contributed by atoms with van der Waals surface area (Å²) < 4.78 is 0. The molecule has 2 unspecified atom stereocenters. The molecule has 1 aliphatic heterocycles. The van der Waals surface area contributed by atoms with Crippen molar-refractivity contribution in [1.82, 2.24) is 10.2 Å². The van der Waals surface area contributed by atoms with Gasteiger partial charge in [0.1, 0.15) is 0 Å². The molecule has 1 rings (SSSR count). The molecule has 92 valence electrons. The zero-order valence-electron chi connectivity index (χ0n) is 11.1. The van der Waals surface area contributed by atoms with Crippen LogP contribution in [-0.4, -0.2) is 36.6 Å². The standard InChI is InChI=1S/C14H26N2/c1-4-6-7-10-16-11-8-14(12-13(16)3)15-9-5-2/h13-15H,5,7-12H2,1-3H3. The molecule has 0 amide bonds. The van der Waals surface area contributed by atoms with Gasteiger partial charge in [-0.05, 0) is 46.2 Å². The van der Waals surface area contributed by atoms with Crippen LogP contribution in [0.2, 0.25) is 0 Å². The highest BCUT2D eigenvalue weighted by atomic mass is 15.2. The molecule has 2 nitrogen and oxygen atoms in total. The average molecular weight is 222 g/mol. The summed E-state index contributed by atoms with van der Waals surface area (Å²) in [5.74, 6) is 6.12. The van der Waals surface area contributed by atoms with Crippen LogP contribution in [0.25, 0.3) is 0 Å². The molecule has 1 aliphatic rings. The van der Waals surface area contributed by atoms with Gasteiger partial charge in [-0.3, -0.25) is 4.90 Å². The molecule has 2 heteroatoms. The third kappa shape index (κ3) is 4.55. The van der Waals surface area contributed by atoms with Crippen molar-refractivity contribution < 1.29 is 0 Å². The Kier molecular flexibility index (Phi) is 6.52. The number of piperidine rings is 1. The van der Waals surface area contributed by atoms with Crippen LogP contribution in [0.1, 0.15) is 46.5 Å². The number of hydrogen-bond acceptors (Lipinski definition) is 2. The Bertz CT molecular complexity index is 239. The quantitative estimate of drug-likeness (QED) is 0.718. The lowest BCUT2D eigenvalue weighted by Crippen LogP contribution is -2.47. The second-order valence-corrected chi connectivity index (χ2v) is 4.74. The van der Waals surface area contributed by atoms with E-state index in [1.807, 2.05) is 6.92 Å². The normalized spacial score (nSPS) is 26.2. The summed E-state index contributed by atoms with van der Waals surface area (Å²) >= 11 is 0. The van der Waals surface area contributed by atoms with Crippen LogP contribution in [0.3, 0.4) is 0 Å². The molecule has 2 atom stereocenters. The molecular formula is C14H26N2. The minimum Gasteiger partial charge on any atom is -0.314 e. The van der Waals surface area contributed by atoms with Crippen LogP contribution in [-0.2, 0) is 0 Å². The van der Waals surface area contributed by atoms with Crippen LogP contribution in [0.15, 0.2) is 0 Å². The molecule has 0 aromatic carbocycles. The Balaban J connectivity index is 2.24. The first-order chi connectivity index (χ1) is 7.77. The van der Waals surface area contributed by atoms with Crippen molar-refractivity contribution in [2.45, 2.75) is 58.5 Å². The highest BCUT2D eigenvalue weighted by Crippen LogP contribution is 2.17. The third-order valence-electron chi connectivity index (χ3n) is 3.40. The lowest BCUT2D eigenvalue weighted by molar-refractivity contribution is 0.139. The summed E-state index contributed by atoms with van der Waals surface area (Å²) in [5.41, 5.74) is 0. The number of hydrogen-bond donors (Lipinski definition) is 1. The molecule has 1 saturated heterocycles. The summed E-state index contributed by atoms with van der Waals surface area (Å²) in [6, 6.07) is 1.45. The smallest absolute Gasteiger partial charge is 0.0217 e. The van der Waals surface area contributed by atoms with Gasteiger partial charge in [0.25, 0.3) is 0 Å². The van der Waals surface area contributed by atoms with Gasteiger partial charge in [-0.25, -0.2) is 0 Å². The van der Waals surface area contributed by atoms with E-state index in [4.69, 9.17) is 0 Å². The Labute approximate surface area is 101 Å². The summed E-state index contributed by atoms with van der Waals surface area (Å²) in [5, 5.41) is 3.63. The fraction of sp³-hybridized carbons (Fsp3) is 0.857. The van der Waals surface area contributed by atoms with Gasteiger partial charge in [0.05, 0.1) is 0 Å². The van der Waals surface area contributed by atoms with E-state index in [-0.39, 0.29) is 0 Å². The lowest BCUT2D eigenvalue weighted by Gasteiger charge is -2.37. The molecule has 0 spiro atoms. The van der Waals surface area contributed by atoms with E-state index in [0.717, 1.165) is 19.0 Å². The van der Waals surface area contributed by atoms with Crippen molar-refractivity contribution in [2.24, 2.45) is 0 Å². The van der Waals surface area contributed by atoms with Crippen molar-refractivity contribution in [1.29, 1.82) is 0 Å². The SMILES string of the molecule is CC#CCCN1CCC(NCCC)CC1C. The summed E-state index contributed by atoms with van der Waals surface area (Å²) in [4.78, 5) is 2.58. The summed E-state index contributed by atoms with van der Waals surface area (Å²) in [7, 11) is 0. The molecule has 0 aliphatic carbocycles. The fourth-order valence-electron chi connectivity index (χ4n) is 2.41. The number of likely N-dealkylation sites (tertiary alicyclic amines) is 1. The molecule has 1 heterocycles. The monoisotopic (exact) mass is 222 g/mol. The zero-order valence-corrected chi connectivity index (χ0v) is 11.1. The summed E-state index contributed by atoms with van der Waals surface area (Å²) in [6.07, 6.45) is 4.85. The predicted octanol–water partition coefficient (Wildman–Crippen LogP) is 2.25. The first kappa shape index (κ1) is 13.5. The molecule has 0 bridgehead atoms. The third-order valence-corrected chi connectivity index (χ3v) is 3.40. The van der Waals surface area contributed by atoms with E-state index in [0.29, 0.717) is 6.04 Å². The molecule has 0 radical (unpaired) electrons. The van der Waals surface area contributed by atoms with Crippen molar-refractivity contribution in [3.63, 3.8) is 0 Å². The Morgan fingerprint density at radius 1 is 1.44 bits per heavy atom. The largest absolute Gasteiger partial charge is 0.314 e. The van der Waals surface area contributed by atoms with Crippen LogP contribution in [0, 0.1) is 11.8 Å². The molecule has 0 aromatic rings. The van der Waals surface area contributed by atoms with Gasteiger partial charge in [0.2, 0.25) is 0 Å². The minimum absolute atomic E-state index is 0.710. The van der Waals surface area contributed by atoms with Gasteiger partial charge in [-0.1, -0.05) is 6.92 Å². The maximum absolute atomic E-state index is 3.63. The van der Waals surface area contributed by atoms with E-state index in [9.17, 15) is 0 Å². The molecule has 16 heavy (non-hydrogen) atoms. The number of rotatable bonds is 5. The molecule has 0 aromatic heterocycles. The van der Waals surface area contributed by atoms with E-state index in [2.05, 4.69) is 35.9 Å². The van der Waals surface area contributed by atoms with E-state index in [1.165, 1.54) is 32.4 Å². The molecule has 1 N–H and O–H groups in total. The highest BCUT2D eigenvalue weighted by Gasteiger charge is 2.23. The second-order valence-electron chi connectivity index (χ2n) is 4.74. The maximum atomic E-state index is 3.63. The minimum atomic E-state index is 0.710. The van der Waals surface area contributed by atoms with Crippen molar-refractivity contribution in [3.05, 3.63) is 0 Å². The molecular weight excluding hydrogens is 196 g/mol. The average Bonchev–Trinajstić information content (AvgIpc) is 2.29. The number of nitrogens with zero attached hydrogens (tertiary/aromatic N) is 1. The van der Waals surface area contributed by atoms with Crippen LogP contribution < -0.4 is 5.32 Å². The molecule has 0 saturated carbocycles. The Hall–Kier alpha value is -0.520. The predicted molar refractivity (Wildman–Crippen MR) is 70.4 cm³/mol. The topological polar surface area (TPSA) is 15.3 Å². The van der Waals surface area contributed by atoms with E-state index >= 15 is 0 Å². The van der Waals surface area contributed by atoms with Crippen LogP contribution >= 0.6 is 0 Å². The van der Waals surface area contributed by atoms with Crippen LogP contribution in [0.5, 0.6) is 0 Å².